The second-order valence-corrected chi connectivity index (χ2v) is 8.47. The van der Waals surface area contributed by atoms with Crippen molar-refractivity contribution >= 4 is 17.5 Å². The van der Waals surface area contributed by atoms with Gasteiger partial charge in [0, 0.05) is 56.2 Å². The van der Waals surface area contributed by atoms with Crippen LogP contribution in [0.3, 0.4) is 0 Å². The maximum absolute atomic E-state index is 5.02. The van der Waals surface area contributed by atoms with Crippen molar-refractivity contribution in [2.24, 2.45) is 0 Å². The van der Waals surface area contributed by atoms with Crippen molar-refractivity contribution in [3.8, 4) is 0 Å². The highest BCUT2D eigenvalue weighted by Crippen LogP contribution is 2.37. The first kappa shape index (κ1) is 19.1. The molecule has 0 spiro atoms. The quantitative estimate of drug-likeness (QED) is 0.657. The summed E-state index contributed by atoms with van der Waals surface area (Å²) in [7, 11) is 0. The Morgan fingerprint density at radius 1 is 0.900 bits per heavy atom. The summed E-state index contributed by atoms with van der Waals surface area (Å²) in [6.45, 7) is 9.45. The molecule has 5 heteroatoms. The summed E-state index contributed by atoms with van der Waals surface area (Å²) in [6, 6.07) is 21.9. The predicted molar refractivity (Wildman–Crippen MR) is 122 cm³/mol. The summed E-state index contributed by atoms with van der Waals surface area (Å²) in [4.78, 5) is 17.1. The van der Waals surface area contributed by atoms with E-state index in [0.717, 1.165) is 56.6 Å². The topological polar surface area (TPSA) is 35.5 Å². The summed E-state index contributed by atoms with van der Waals surface area (Å²) >= 11 is 0. The number of benzene rings is 2. The van der Waals surface area contributed by atoms with Crippen LogP contribution in [-0.2, 0) is 13.0 Å². The Morgan fingerprint density at radius 2 is 1.63 bits per heavy atom. The van der Waals surface area contributed by atoms with Crippen LogP contribution in [0.5, 0.6) is 0 Å². The van der Waals surface area contributed by atoms with Crippen LogP contribution in [0, 0.1) is 6.92 Å². The molecule has 0 amide bonds. The first-order valence-corrected chi connectivity index (χ1v) is 10.9. The molecule has 1 atom stereocenters. The van der Waals surface area contributed by atoms with Crippen LogP contribution in [0.4, 0.5) is 17.5 Å². The van der Waals surface area contributed by atoms with E-state index in [-0.39, 0.29) is 0 Å². The van der Waals surface area contributed by atoms with Gasteiger partial charge in [0.25, 0.3) is 0 Å². The van der Waals surface area contributed by atoms with Crippen molar-refractivity contribution in [2.75, 3.05) is 36.0 Å². The van der Waals surface area contributed by atoms with E-state index in [2.05, 4.69) is 89.2 Å². The zero-order valence-electron chi connectivity index (χ0n) is 17.8. The van der Waals surface area contributed by atoms with E-state index < -0.39 is 0 Å². The van der Waals surface area contributed by atoms with E-state index in [1.807, 2.05) is 0 Å². The molecule has 2 aliphatic rings. The van der Waals surface area contributed by atoms with Gasteiger partial charge in [0.1, 0.15) is 5.82 Å². The average Bonchev–Trinajstić information content (AvgIpc) is 3.10. The van der Waals surface area contributed by atoms with Gasteiger partial charge in [0.15, 0.2) is 0 Å². The van der Waals surface area contributed by atoms with Crippen molar-refractivity contribution in [2.45, 2.75) is 32.9 Å². The minimum atomic E-state index is 0.375. The van der Waals surface area contributed by atoms with Crippen LogP contribution in [0.1, 0.15) is 23.7 Å². The monoisotopic (exact) mass is 399 g/mol. The SMILES string of the molecule is Cc1cc(N2CCN(Cc3ccccc3)CC2)nc(N2c3ccccc3CC2C)n1. The van der Waals surface area contributed by atoms with Crippen molar-refractivity contribution in [3.05, 3.63) is 77.5 Å². The van der Waals surface area contributed by atoms with Crippen LogP contribution < -0.4 is 9.80 Å². The largest absolute Gasteiger partial charge is 0.354 e. The number of anilines is 3. The van der Waals surface area contributed by atoms with E-state index in [1.54, 1.807) is 0 Å². The molecule has 3 heterocycles. The van der Waals surface area contributed by atoms with Gasteiger partial charge in [-0.05, 0) is 37.5 Å². The molecule has 2 aliphatic heterocycles. The summed E-state index contributed by atoms with van der Waals surface area (Å²) in [6.07, 6.45) is 1.04. The fraction of sp³-hybridized carbons (Fsp3) is 0.360. The maximum Gasteiger partial charge on any atom is 0.232 e. The minimum Gasteiger partial charge on any atom is -0.354 e. The molecule has 3 aromatic rings. The highest BCUT2D eigenvalue weighted by atomic mass is 15.3. The number of piperazine rings is 1. The molecule has 0 saturated carbocycles. The van der Waals surface area contributed by atoms with E-state index in [0.29, 0.717) is 6.04 Å². The number of aromatic nitrogens is 2. The molecule has 1 saturated heterocycles. The third-order valence-electron chi connectivity index (χ3n) is 6.20. The summed E-state index contributed by atoms with van der Waals surface area (Å²) in [5.74, 6) is 1.88. The van der Waals surface area contributed by atoms with Crippen molar-refractivity contribution in [3.63, 3.8) is 0 Å². The van der Waals surface area contributed by atoms with Crippen LogP contribution in [-0.4, -0.2) is 47.1 Å². The molecule has 154 valence electrons. The lowest BCUT2D eigenvalue weighted by Gasteiger charge is -2.36. The lowest BCUT2D eigenvalue weighted by molar-refractivity contribution is 0.249. The summed E-state index contributed by atoms with van der Waals surface area (Å²) in [5.41, 5.74) is 5.03. The highest BCUT2D eigenvalue weighted by Gasteiger charge is 2.29. The first-order valence-electron chi connectivity index (χ1n) is 10.9. The third kappa shape index (κ3) is 3.77. The average molecular weight is 400 g/mol. The van der Waals surface area contributed by atoms with Crippen LogP contribution in [0.25, 0.3) is 0 Å². The number of aryl methyl sites for hydroxylation is 1. The Kier molecular flexibility index (Phi) is 5.13. The third-order valence-corrected chi connectivity index (χ3v) is 6.20. The molecule has 0 N–H and O–H groups in total. The molecule has 1 aromatic heterocycles. The number of nitrogens with zero attached hydrogens (tertiary/aromatic N) is 5. The molecular weight excluding hydrogens is 370 g/mol. The smallest absolute Gasteiger partial charge is 0.232 e. The lowest BCUT2D eigenvalue weighted by atomic mass is 10.1. The van der Waals surface area contributed by atoms with Crippen LogP contribution >= 0.6 is 0 Å². The standard InChI is InChI=1S/C25H29N5/c1-19-16-24(29-14-12-28(13-15-29)18-21-8-4-3-5-9-21)27-25(26-19)30-20(2)17-22-10-6-7-11-23(22)30/h3-11,16,20H,12-15,17-18H2,1-2H3. The molecule has 5 nitrogen and oxygen atoms in total. The molecule has 1 unspecified atom stereocenters. The molecule has 1 fully saturated rings. The van der Waals surface area contributed by atoms with Crippen LogP contribution in [0.15, 0.2) is 60.7 Å². The van der Waals surface area contributed by atoms with Gasteiger partial charge in [-0.3, -0.25) is 4.90 Å². The Balaban J connectivity index is 1.33. The Bertz CT molecular complexity index is 1010. The fourth-order valence-corrected chi connectivity index (χ4v) is 4.65. The van der Waals surface area contributed by atoms with Gasteiger partial charge >= 0.3 is 0 Å². The Labute approximate surface area is 179 Å². The molecule has 0 radical (unpaired) electrons. The molecule has 0 aliphatic carbocycles. The van der Waals surface area contributed by atoms with Gasteiger partial charge in [0.2, 0.25) is 5.95 Å². The molecule has 30 heavy (non-hydrogen) atoms. The van der Waals surface area contributed by atoms with Crippen LogP contribution in [0.2, 0.25) is 0 Å². The molecule has 5 rings (SSSR count). The highest BCUT2D eigenvalue weighted by molar-refractivity contribution is 5.68. The number of para-hydroxylation sites is 1. The zero-order valence-corrected chi connectivity index (χ0v) is 17.8. The fourth-order valence-electron chi connectivity index (χ4n) is 4.65. The second kappa shape index (κ2) is 8.07. The van der Waals surface area contributed by atoms with Crippen molar-refractivity contribution in [1.29, 1.82) is 0 Å². The van der Waals surface area contributed by atoms with Gasteiger partial charge in [-0.1, -0.05) is 48.5 Å². The van der Waals surface area contributed by atoms with E-state index in [1.165, 1.54) is 16.8 Å². The van der Waals surface area contributed by atoms with E-state index in [4.69, 9.17) is 9.97 Å². The zero-order chi connectivity index (χ0) is 20.5. The normalized spacial score (nSPS) is 19.2. The van der Waals surface area contributed by atoms with E-state index >= 15 is 0 Å². The molecular formula is C25H29N5. The maximum atomic E-state index is 5.02. The van der Waals surface area contributed by atoms with Gasteiger partial charge in [-0.25, -0.2) is 4.98 Å². The van der Waals surface area contributed by atoms with Crippen molar-refractivity contribution < 1.29 is 0 Å². The second-order valence-electron chi connectivity index (χ2n) is 8.47. The van der Waals surface area contributed by atoms with Gasteiger partial charge in [-0.15, -0.1) is 0 Å². The predicted octanol–water partition coefficient (Wildman–Crippen LogP) is 4.19. The summed E-state index contributed by atoms with van der Waals surface area (Å²) < 4.78 is 0. The minimum absolute atomic E-state index is 0.375. The number of hydrogen-bond donors (Lipinski definition) is 0. The molecule has 0 bridgehead atoms. The number of rotatable bonds is 4. The van der Waals surface area contributed by atoms with Gasteiger partial charge in [-0.2, -0.15) is 4.98 Å². The lowest BCUT2D eigenvalue weighted by Crippen LogP contribution is -2.46. The van der Waals surface area contributed by atoms with Crippen molar-refractivity contribution in [1.82, 2.24) is 14.9 Å². The first-order chi connectivity index (χ1) is 14.7. The Morgan fingerprint density at radius 3 is 2.43 bits per heavy atom. The summed E-state index contributed by atoms with van der Waals surface area (Å²) in [5, 5.41) is 0. The van der Waals surface area contributed by atoms with E-state index in [9.17, 15) is 0 Å². The van der Waals surface area contributed by atoms with Gasteiger partial charge in [0.05, 0.1) is 0 Å². The number of hydrogen-bond acceptors (Lipinski definition) is 5. The molecule has 2 aromatic carbocycles. The van der Waals surface area contributed by atoms with Gasteiger partial charge < -0.3 is 9.80 Å². The number of fused-ring (bicyclic) bond motifs is 1. The Hall–Kier alpha value is -2.92.